The summed E-state index contributed by atoms with van der Waals surface area (Å²) in [4.78, 5) is 19.9. The summed E-state index contributed by atoms with van der Waals surface area (Å²) in [5, 5.41) is 4.72. The monoisotopic (exact) mass is 432 g/mol. The predicted octanol–water partition coefficient (Wildman–Crippen LogP) is 7.36. The molecule has 4 aromatic carbocycles. The highest BCUT2D eigenvalue weighted by atomic mass is 16.5. The van der Waals surface area contributed by atoms with Gasteiger partial charge in [-0.2, -0.15) is 0 Å². The van der Waals surface area contributed by atoms with Gasteiger partial charge in [-0.25, -0.2) is 0 Å². The number of aromatic amines is 2. The third-order valence-corrected chi connectivity index (χ3v) is 6.68. The lowest BCUT2D eigenvalue weighted by atomic mass is 9.99. The van der Waals surface area contributed by atoms with E-state index in [1.807, 2.05) is 50.2 Å². The molecule has 0 saturated heterocycles. The van der Waals surface area contributed by atoms with Gasteiger partial charge in [-0.3, -0.25) is 4.79 Å². The quantitative estimate of drug-likeness (QED) is 0.286. The highest BCUT2D eigenvalue weighted by Gasteiger charge is 2.21. The van der Waals surface area contributed by atoms with E-state index in [0.29, 0.717) is 0 Å². The second kappa shape index (κ2) is 7.52. The van der Waals surface area contributed by atoms with Gasteiger partial charge in [0.25, 0.3) is 0 Å². The number of H-pyrrole nitrogens is 2. The maximum Gasteiger partial charge on any atom is 0.313 e. The first kappa shape index (κ1) is 19.6. The van der Waals surface area contributed by atoms with Crippen LogP contribution in [0.2, 0.25) is 0 Å². The van der Waals surface area contributed by atoms with Gasteiger partial charge in [-0.05, 0) is 49.2 Å². The van der Waals surface area contributed by atoms with E-state index in [1.54, 1.807) is 0 Å². The van der Waals surface area contributed by atoms with Crippen LogP contribution in [-0.2, 0) is 9.53 Å². The Morgan fingerprint density at radius 2 is 1.12 bits per heavy atom. The number of esters is 1. The molecular weight excluding hydrogens is 408 g/mol. The van der Waals surface area contributed by atoms with E-state index >= 15 is 0 Å². The van der Waals surface area contributed by atoms with Crippen LogP contribution in [0.1, 0.15) is 37.0 Å². The van der Waals surface area contributed by atoms with E-state index in [1.165, 1.54) is 16.2 Å². The second-order valence-corrected chi connectivity index (χ2v) is 8.75. The molecule has 0 bridgehead atoms. The smallest absolute Gasteiger partial charge is 0.313 e. The molecule has 2 N–H and O–H groups in total. The lowest BCUT2D eigenvalue weighted by Gasteiger charge is -2.18. The zero-order chi connectivity index (χ0) is 22.5. The van der Waals surface area contributed by atoms with Gasteiger partial charge < -0.3 is 14.7 Å². The summed E-state index contributed by atoms with van der Waals surface area (Å²) in [6.45, 7) is 3.83. The van der Waals surface area contributed by atoms with Gasteiger partial charge >= 0.3 is 5.97 Å². The molecule has 0 fully saturated rings. The van der Waals surface area contributed by atoms with E-state index < -0.39 is 0 Å². The molecule has 0 aliphatic rings. The SMILES string of the molecule is C[C@H](OC(=O)[C@H](C)c1ccc2c(c1)[nH]c1ccccc12)c1ccc2c(c1)[nH]c1ccccc12. The van der Waals surface area contributed by atoms with Crippen molar-refractivity contribution in [1.29, 1.82) is 0 Å². The molecule has 0 radical (unpaired) electrons. The molecule has 4 nitrogen and oxygen atoms in total. The Hall–Kier alpha value is -4.05. The Bertz CT molecular complexity index is 1660. The van der Waals surface area contributed by atoms with E-state index in [4.69, 9.17) is 4.74 Å². The van der Waals surface area contributed by atoms with Crippen LogP contribution in [0.25, 0.3) is 43.6 Å². The molecule has 6 rings (SSSR count). The van der Waals surface area contributed by atoms with Gasteiger partial charge in [0.1, 0.15) is 6.10 Å². The number of hydrogen-bond donors (Lipinski definition) is 2. The Morgan fingerprint density at radius 3 is 1.73 bits per heavy atom. The number of rotatable bonds is 4. The number of benzene rings is 4. The molecule has 2 atom stereocenters. The third-order valence-electron chi connectivity index (χ3n) is 6.68. The highest BCUT2D eigenvalue weighted by Crippen LogP contribution is 2.31. The van der Waals surface area contributed by atoms with Crippen LogP contribution in [0.4, 0.5) is 0 Å². The molecule has 2 aromatic heterocycles. The Labute approximate surface area is 191 Å². The molecule has 4 heteroatoms. The molecule has 0 aliphatic carbocycles. The minimum absolute atomic E-state index is 0.227. The Kier molecular flexibility index (Phi) is 4.47. The average Bonchev–Trinajstić information content (AvgIpc) is 3.40. The van der Waals surface area contributed by atoms with Gasteiger partial charge in [0, 0.05) is 43.6 Å². The fraction of sp³-hybridized carbons (Fsp3) is 0.138. The Balaban J connectivity index is 1.25. The van der Waals surface area contributed by atoms with Crippen molar-refractivity contribution in [3.05, 3.63) is 96.1 Å². The van der Waals surface area contributed by atoms with Crippen molar-refractivity contribution >= 4 is 49.6 Å². The number of carbonyl (C=O) groups is 1. The van der Waals surface area contributed by atoms with Gasteiger partial charge in [-0.1, -0.05) is 60.7 Å². The number of para-hydroxylation sites is 2. The molecule has 162 valence electrons. The predicted molar refractivity (Wildman–Crippen MR) is 135 cm³/mol. The summed E-state index contributed by atoms with van der Waals surface area (Å²) in [6.07, 6.45) is -0.340. The number of hydrogen-bond acceptors (Lipinski definition) is 2. The van der Waals surface area contributed by atoms with E-state index in [-0.39, 0.29) is 18.0 Å². The molecule has 0 spiro atoms. The van der Waals surface area contributed by atoms with Crippen molar-refractivity contribution in [1.82, 2.24) is 9.97 Å². The van der Waals surface area contributed by atoms with Crippen LogP contribution in [0, 0.1) is 0 Å². The van der Waals surface area contributed by atoms with Crippen LogP contribution in [0.3, 0.4) is 0 Å². The zero-order valence-electron chi connectivity index (χ0n) is 18.6. The van der Waals surface area contributed by atoms with E-state index in [2.05, 4.69) is 58.5 Å². The fourth-order valence-corrected chi connectivity index (χ4v) is 4.75. The molecular formula is C29H24N2O2. The van der Waals surface area contributed by atoms with Crippen molar-refractivity contribution in [2.45, 2.75) is 25.9 Å². The van der Waals surface area contributed by atoms with Gasteiger partial charge in [0.2, 0.25) is 0 Å². The van der Waals surface area contributed by atoms with Gasteiger partial charge in [-0.15, -0.1) is 0 Å². The van der Waals surface area contributed by atoms with Crippen LogP contribution < -0.4 is 0 Å². The van der Waals surface area contributed by atoms with Gasteiger partial charge in [0.15, 0.2) is 0 Å². The third kappa shape index (κ3) is 3.26. The summed E-state index contributed by atoms with van der Waals surface area (Å²) in [6, 6.07) is 28.9. The van der Waals surface area contributed by atoms with Crippen LogP contribution >= 0.6 is 0 Å². The van der Waals surface area contributed by atoms with Gasteiger partial charge in [0.05, 0.1) is 5.92 Å². The lowest BCUT2D eigenvalue weighted by Crippen LogP contribution is -2.15. The lowest BCUT2D eigenvalue weighted by molar-refractivity contribution is -0.150. The van der Waals surface area contributed by atoms with Crippen molar-refractivity contribution in [3.8, 4) is 0 Å². The fourth-order valence-electron chi connectivity index (χ4n) is 4.75. The van der Waals surface area contributed by atoms with Crippen molar-refractivity contribution in [2.75, 3.05) is 0 Å². The summed E-state index contributed by atoms with van der Waals surface area (Å²) >= 11 is 0. The van der Waals surface area contributed by atoms with Crippen LogP contribution in [0.5, 0.6) is 0 Å². The van der Waals surface area contributed by atoms with Crippen molar-refractivity contribution in [3.63, 3.8) is 0 Å². The summed E-state index contributed by atoms with van der Waals surface area (Å²) in [5.74, 6) is -0.588. The molecule has 33 heavy (non-hydrogen) atoms. The first-order valence-corrected chi connectivity index (χ1v) is 11.3. The zero-order valence-corrected chi connectivity index (χ0v) is 18.6. The first-order valence-electron chi connectivity index (χ1n) is 11.3. The number of aromatic nitrogens is 2. The molecule has 0 saturated carbocycles. The number of nitrogens with one attached hydrogen (secondary N) is 2. The Morgan fingerprint density at radius 1 is 0.636 bits per heavy atom. The largest absolute Gasteiger partial charge is 0.457 e. The normalized spacial score (nSPS) is 13.6. The minimum atomic E-state index is -0.361. The van der Waals surface area contributed by atoms with Crippen LogP contribution in [-0.4, -0.2) is 15.9 Å². The second-order valence-electron chi connectivity index (χ2n) is 8.75. The van der Waals surface area contributed by atoms with E-state index in [9.17, 15) is 4.79 Å². The van der Waals surface area contributed by atoms with Crippen LogP contribution in [0.15, 0.2) is 84.9 Å². The standard InChI is InChI=1S/C29H24N2O2/c1-17(19-11-13-23-21-7-3-5-9-25(21)30-27(23)15-19)29(32)33-18(2)20-12-14-24-22-8-4-6-10-26(22)31-28(24)16-20/h3-18,30-31H,1-2H3/t17-,18+/m1/s1. The molecule has 0 unspecified atom stereocenters. The van der Waals surface area contributed by atoms with Crippen molar-refractivity contribution in [2.24, 2.45) is 0 Å². The summed E-state index contributed by atoms with van der Waals surface area (Å²) in [5.41, 5.74) is 6.20. The number of fused-ring (bicyclic) bond motifs is 6. The summed E-state index contributed by atoms with van der Waals surface area (Å²) in [7, 11) is 0. The summed E-state index contributed by atoms with van der Waals surface area (Å²) < 4.78 is 5.88. The van der Waals surface area contributed by atoms with E-state index in [0.717, 1.165) is 38.6 Å². The molecule has 0 amide bonds. The first-order chi connectivity index (χ1) is 16.1. The maximum absolute atomic E-state index is 13.0. The maximum atomic E-state index is 13.0. The molecule has 6 aromatic rings. The molecule has 0 aliphatic heterocycles. The highest BCUT2D eigenvalue weighted by molar-refractivity contribution is 6.08. The average molecular weight is 433 g/mol. The topological polar surface area (TPSA) is 57.9 Å². The molecule has 2 heterocycles. The number of carbonyl (C=O) groups excluding carboxylic acids is 1. The minimum Gasteiger partial charge on any atom is -0.457 e. The number of ether oxygens (including phenoxy) is 1. The van der Waals surface area contributed by atoms with Crippen molar-refractivity contribution < 1.29 is 9.53 Å².